The van der Waals surface area contributed by atoms with E-state index >= 15 is 0 Å². The molecule has 1 saturated heterocycles. The van der Waals surface area contributed by atoms with Crippen LogP contribution in [-0.4, -0.2) is 38.8 Å². The first-order valence-corrected chi connectivity index (χ1v) is 10.9. The Morgan fingerprint density at radius 1 is 1.18 bits per heavy atom. The molecule has 6 nitrogen and oxygen atoms in total. The molecule has 3 rings (SSSR count). The van der Waals surface area contributed by atoms with E-state index in [1.165, 1.54) is 0 Å². The molecule has 1 fully saturated rings. The Labute approximate surface area is 166 Å². The summed E-state index contributed by atoms with van der Waals surface area (Å²) in [6.07, 6.45) is 2.12. The Bertz CT molecular complexity index is 926. The fourth-order valence-electron chi connectivity index (χ4n) is 3.45. The molecule has 1 heterocycles. The summed E-state index contributed by atoms with van der Waals surface area (Å²) in [6.45, 7) is 3.19. The molecule has 7 heteroatoms. The summed E-state index contributed by atoms with van der Waals surface area (Å²) in [6, 6.07) is 13.7. The zero-order chi connectivity index (χ0) is 20.1. The number of rotatable bonds is 6. The number of carbonyl (C=O) groups is 1. The summed E-state index contributed by atoms with van der Waals surface area (Å²) in [5.74, 6) is 0.844. The van der Waals surface area contributed by atoms with E-state index in [-0.39, 0.29) is 17.2 Å². The molecule has 1 N–H and O–H groups in total. The number of hydrogen-bond acceptors (Lipinski definition) is 4. The fraction of sp³-hybridized carbons (Fsp3) is 0.381. The molecule has 1 aliphatic heterocycles. The van der Waals surface area contributed by atoms with Crippen molar-refractivity contribution in [2.75, 3.05) is 25.5 Å². The van der Waals surface area contributed by atoms with Gasteiger partial charge in [-0.1, -0.05) is 25.1 Å². The van der Waals surface area contributed by atoms with Gasteiger partial charge in [-0.05, 0) is 49.1 Å². The van der Waals surface area contributed by atoms with Crippen LogP contribution in [0, 0.1) is 5.92 Å². The highest BCUT2D eigenvalue weighted by molar-refractivity contribution is 7.89. The summed E-state index contributed by atoms with van der Waals surface area (Å²) in [7, 11) is -1.93. The third-order valence-electron chi connectivity index (χ3n) is 4.94. The summed E-state index contributed by atoms with van der Waals surface area (Å²) < 4.78 is 32.4. The average Bonchev–Trinajstić information content (AvgIpc) is 2.69. The standard InChI is InChI=1S/C21H26N2O4S/c1-16-6-5-13-23(15-16)28(25,26)19-11-9-18(10-12-19)22-21(24)14-17-7-3-4-8-20(17)27-2/h3-4,7-12,16H,5-6,13-15H2,1-2H3,(H,22,24). The summed E-state index contributed by atoms with van der Waals surface area (Å²) in [4.78, 5) is 12.6. The van der Waals surface area contributed by atoms with Gasteiger partial charge in [0.2, 0.25) is 15.9 Å². The number of sulfonamides is 1. The van der Waals surface area contributed by atoms with Crippen molar-refractivity contribution < 1.29 is 17.9 Å². The van der Waals surface area contributed by atoms with Crippen molar-refractivity contribution >= 4 is 21.6 Å². The summed E-state index contributed by atoms with van der Waals surface area (Å²) >= 11 is 0. The lowest BCUT2D eigenvalue weighted by atomic mass is 10.0. The highest BCUT2D eigenvalue weighted by Gasteiger charge is 2.28. The fourth-order valence-corrected chi connectivity index (χ4v) is 5.05. The summed E-state index contributed by atoms with van der Waals surface area (Å²) in [5.41, 5.74) is 1.35. The number of para-hydroxylation sites is 1. The molecule has 0 aliphatic carbocycles. The van der Waals surface area contributed by atoms with E-state index in [1.54, 1.807) is 35.7 Å². The average molecular weight is 403 g/mol. The molecule has 2 aromatic rings. The molecule has 2 aromatic carbocycles. The third-order valence-corrected chi connectivity index (χ3v) is 6.82. The number of benzene rings is 2. The van der Waals surface area contributed by atoms with Gasteiger partial charge in [-0.15, -0.1) is 0 Å². The van der Waals surface area contributed by atoms with Gasteiger partial charge in [-0.2, -0.15) is 4.31 Å². The second kappa shape index (κ2) is 8.75. The molecule has 1 amide bonds. The van der Waals surface area contributed by atoms with Crippen molar-refractivity contribution in [3.05, 3.63) is 54.1 Å². The molecule has 1 atom stereocenters. The minimum atomic E-state index is -3.49. The van der Waals surface area contributed by atoms with Gasteiger partial charge in [0.15, 0.2) is 0 Å². The first kappa shape index (κ1) is 20.4. The molecule has 1 aliphatic rings. The molecule has 0 bridgehead atoms. The van der Waals surface area contributed by atoms with Crippen molar-refractivity contribution in [2.45, 2.75) is 31.1 Å². The van der Waals surface area contributed by atoms with Crippen LogP contribution in [0.3, 0.4) is 0 Å². The van der Waals surface area contributed by atoms with Gasteiger partial charge >= 0.3 is 0 Å². The SMILES string of the molecule is COc1ccccc1CC(=O)Nc1ccc(S(=O)(=O)N2CCCC(C)C2)cc1. The van der Waals surface area contributed by atoms with Crippen LogP contribution in [0.15, 0.2) is 53.4 Å². The van der Waals surface area contributed by atoms with Crippen LogP contribution >= 0.6 is 0 Å². The number of piperidine rings is 1. The van der Waals surface area contributed by atoms with Crippen molar-refractivity contribution in [1.82, 2.24) is 4.31 Å². The van der Waals surface area contributed by atoms with Crippen molar-refractivity contribution in [2.24, 2.45) is 5.92 Å². The maximum absolute atomic E-state index is 12.8. The molecule has 1 unspecified atom stereocenters. The minimum Gasteiger partial charge on any atom is -0.496 e. The van der Waals surface area contributed by atoms with E-state index in [1.807, 2.05) is 24.3 Å². The molecule has 0 radical (unpaired) electrons. The maximum Gasteiger partial charge on any atom is 0.243 e. The number of methoxy groups -OCH3 is 1. The largest absolute Gasteiger partial charge is 0.496 e. The van der Waals surface area contributed by atoms with Crippen LogP contribution in [0.2, 0.25) is 0 Å². The van der Waals surface area contributed by atoms with Crippen LogP contribution in [-0.2, 0) is 21.2 Å². The lowest BCUT2D eigenvalue weighted by Crippen LogP contribution is -2.39. The predicted octanol–water partition coefficient (Wildman–Crippen LogP) is 3.30. The molecular weight excluding hydrogens is 376 g/mol. The van der Waals surface area contributed by atoms with Gasteiger partial charge in [-0.3, -0.25) is 4.79 Å². The van der Waals surface area contributed by atoms with Gasteiger partial charge in [0.25, 0.3) is 0 Å². The van der Waals surface area contributed by atoms with E-state index < -0.39 is 10.0 Å². The van der Waals surface area contributed by atoms with E-state index in [4.69, 9.17) is 4.74 Å². The van der Waals surface area contributed by atoms with E-state index in [0.717, 1.165) is 18.4 Å². The predicted molar refractivity (Wildman–Crippen MR) is 109 cm³/mol. The molecule has 0 spiro atoms. The number of carbonyl (C=O) groups excluding carboxylic acids is 1. The maximum atomic E-state index is 12.8. The normalized spacial score (nSPS) is 17.9. The van der Waals surface area contributed by atoms with Crippen LogP contribution in [0.4, 0.5) is 5.69 Å². The molecule has 0 saturated carbocycles. The first-order valence-electron chi connectivity index (χ1n) is 9.42. The van der Waals surface area contributed by atoms with Crippen molar-refractivity contribution in [1.29, 1.82) is 0 Å². The zero-order valence-corrected chi connectivity index (χ0v) is 17.0. The quantitative estimate of drug-likeness (QED) is 0.804. The monoisotopic (exact) mass is 402 g/mol. The minimum absolute atomic E-state index is 0.176. The molecule has 28 heavy (non-hydrogen) atoms. The van der Waals surface area contributed by atoms with Crippen LogP contribution < -0.4 is 10.1 Å². The van der Waals surface area contributed by atoms with Gasteiger partial charge < -0.3 is 10.1 Å². The summed E-state index contributed by atoms with van der Waals surface area (Å²) in [5, 5.41) is 2.80. The van der Waals surface area contributed by atoms with E-state index in [0.29, 0.717) is 30.4 Å². The van der Waals surface area contributed by atoms with Gasteiger partial charge in [-0.25, -0.2) is 8.42 Å². The Morgan fingerprint density at radius 2 is 1.89 bits per heavy atom. The number of amides is 1. The van der Waals surface area contributed by atoms with Crippen LogP contribution in [0.5, 0.6) is 5.75 Å². The van der Waals surface area contributed by atoms with Gasteiger partial charge in [0.05, 0.1) is 18.4 Å². The zero-order valence-electron chi connectivity index (χ0n) is 16.2. The molecule has 0 aromatic heterocycles. The Kier molecular flexibility index (Phi) is 6.36. The highest BCUT2D eigenvalue weighted by Crippen LogP contribution is 2.24. The number of hydrogen-bond donors (Lipinski definition) is 1. The Hall–Kier alpha value is -2.38. The second-order valence-corrected chi connectivity index (χ2v) is 9.11. The second-order valence-electron chi connectivity index (χ2n) is 7.17. The smallest absolute Gasteiger partial charge is 0.243 e. The van der Waals surface area contributed by atoms with E-state index in [9.17, 15) is 13.2 Å². The van der Waals surface area contributed by atoms with Crippen LogP contribution in [0.25, 0.3) is 0 Å². The number of nitrogens with one attached hydrogen (secondary N) is 1. The van der Waals surface area contributed by atoms with Crippen molar-refractivity contribution in [3.8, 4) is 5.75 Å². The van der Waals surface area contributed by atoms with Gasteiger partial charge in [0, 0.05) is 24.3 Å². The Balaban J connectivity index is 1.66. The topological polar surface area (TPSA) is 75.7 Å². The Morgan fingerprint density at radius 3 is 2.57 bits per heavy atom. The van der Waals surface area contributed by atoms with Gasteiger partial charge in [0.1, 0.15) is 5.75 Å². The molecule has 150 valence electrons. The lowest BCUT2D eigenvalue weighted by Gasteiger charge is -2.30. The number of anilines is 1. The van der Waals surface area contributed by atoms with Crippen molar-refractivity contribution in [3.63, 3.8) is 0 Å². The lowest BCUT2D eigenvalue weighted by molar-refractivity contribution is -0.115. The highest BCUT2D eigenvalue weighted by atomic mass is 32.2. The van der Waals surface area contributed by atoms with E-state index in [2.05, 4.69) is 12.2 Å². The number of nitrogens with zero attached hydrogens (tertiary/aromatic N) is 1. The number of ether oxygens (including phenoxy) is 1. The molecular formula is C21H26N2O4S. The van der Waals surface area contributed by atoms with Crippen LogP contribution in [0.1, 0.15) is 25.3 Å². The first-order chi connectivity index (χ1) is 13.4. The third kappa shape index (κ3) is 4.72.